The van der Waals surface area contributed by atoms with Crippen LogP contribution in [0.15, 0.2) is 17.7 Å². The summed E-state index contributed by atoms with van der Waals surface area (Å²) in [7, 11) is 0. The first kappa shape index (κ1) is 13.9. The van der Waals surface area contributed by atoms with Gasteiger partial charge in [-0.25, -0.2) is 0 Å². The summed E-state index contributed by atoms with van der Waals surface area (Å²) in [5, 5.41) is 37.8. The number of aliphatic carboxylic acids is 1. The third-order valence-corrected chi connectivity index (χ3v) is 2.51. The van der Waals surface area contributed by atoms with Gasteiger partial charge in [0.1, 0.15) is 17.2 Å². The Morgan fingerprint density at radius 3 is 2.22 bits per heavy atom. The van der Waals surface area contributed by atoms with Gasteiger partial charge in [-0.15, -0.1) is 0 Å². The molecule has 0 saturated carbocycles. The average Bonchev–Trinajstić information content (AvgIpc) is 2.23. The van der Waals surface area contributed by atoms with Crippen LogP contribution >= 0.6 is 0 Å². The van der Waals surface area contributed by atoms with Gasteiger partial charge in [0, 0.05) is 17.2 Å². The van der Waals surface area contributed by atoms with Gasteiger partial charge in [0.15, 0.2) is 0 Å². The van der Waals surface area contributed by atoms with Gasteiger partial charge in [-0.1, -0.05) is 11.6 Å². The molecule has 98 valence electrons. The van der Waals surface area contributed by atoms with E-state index in [2.05, 4.69) is 0 Å². The molecular formula is C13H16O5. The molecule has 0 aliphatic rings. The van der Waals surface area contributed by atoms with E-state index >= 15 is 0 Å². The Morgan fingerprint density at radius 1 is 1.17 bits per heavy atom. The third-order valence-electron chi connectivity index (χ3n) is 2.51. The highest BCUT2D eigenvalue weighted by atomic mass is 16.4. The summed E-state index contributed by atoms with van der Waals surface area (Å²) in [5.41, 5.74) is 1.13. The maximum absolute atomic E-state index is 10.6. The lowest BCUT2D eigenvalue weighted by Crippen LogP contribution is -2.02. The monoisotopic (exact) mass is 252 g/mol. The van der Waals surface area contributed by atoms with Crippen molar-refractivity contribution in [1.82, 2.24) is 0 Å². The molecule has 0 atom stereocenters. The molecule has 5 nitrogen and oxygen atoms in total. The molecule has 1 aromatic rings. The summed E-state index contributed by atoms with van der Waals surface area (Å²) in [6.07, 6.45) is 1.56. The van der Waals surface area contributed by atoms with Gasteiger partial charge in [-0.3, -0.25) is 4.79 Å². The van der Waals surface area contributed by atoms with Gasteiger partial charge < -0.3 is 20.4 Å². The first-order valence-electron chi connectivity index (χ1n) is 5.43. The van der Waals surface area contributed by atoms with Gasteiger partial charge >= 0.3 is 5.97 Å². The number of carboxylic acids is 1. The molecule has 0 amide bonds. The minimum Gasteiger partial charge on any atom is -0.507 e. The Balaban J connectivity index is 3.26. The van der Waals surface area contributed by atoms with E-state index in [0.717, 1.165) is 11.6 Å². The first-order chi connectivity index (χ1) is 8.32. The predicted molar refractivity (Wildman–Crippen MR) is 65.9 cm³/mol. The molecule has 18 heavy (non-hydrogen) atoms. The summed E-state index contributed by atoms with van der Waals surface area (Å²) in [6, 6.07) is 1.05. The Hall–Kier alpha value is -2.17. The second-order valence-electron chi connectivity index (χ2n) is 4.28. The van der Waals surface area contributed by atoms with Crippen LogP contribution < -0.4 is 0 Å². The number of carboxylic acid groups (broad SMARTS) is 1. The number of allylic oxidation sites excluding steroid dienone is 2. The second kappa shape index (κ2) is 5.44. The minimum absolute atomic E-state index is 0.0857. The van der Waals surface area contributed by atoms with Crippen LogP contribution in [0.3, 0.4) is 0 Å². The van der Waals surface area contributed by atoms with Crippen LogP contribution in [0.1, 0.15) is 25.0 Å². The summed E-state index contributed by atoms with van der Waals surface area (Å²) in [4.78, 5) is 10.6. The Kier molecular flexibility index (Phi) is 4.20. The maximum atomic E-state index is 10.6. The third kappa shape index (κ3) is 3.16. The molecule has 0 spiro atoms. The first-order valence-corrected chi connectivity index (χ1v) is 5.43. The normalized spacial score (nSPS) is 10.1. The highest BCUT2D eigenvalue weighted by Gasteiger charge is 2.18. The van der Waals surface area contributed by atoms with E-state index in [-0.39, 0.29) is 29.0 Å². The lowest BCUT2D eigenvalue weighted by molar-refractivity contribution is -0.136. The molecule has 5 heteroatoms. The number of phenols is 3. The molecule has 1 rings (SSSR count). The van der Waals surface area contributed by atoms with Crippen LogP contribution in [0.25, 0.3) is 0 Å². The van der Waals surface area contributed by atoms with Crippen molar-refractivity contribution in [2.75, 3.05) is 0 Å². The van der Waals surface area contributed by atoms with Gasteiger partial charge in [0.05, 0.1) is 6.42 Å². The van der Waals surface area contributed by atoms with E-state index in [9.17, 15) is 20.1 Å². The zero-order valence-electron chi connectivity index (χ0n) is 10.3. The Morgan fingerprint density at radius 2 is 1.72 bits per heavy atom. The largest absolute Gasteiger partial charge is 0.507 e. The van der Waals surface area contributed by atoms with Gasteiger partial charge in [0.25, 0.3) is 0 Å². The molecule has 0 unspecified atom stereocenters. The summed E-state index contributed by atoms with van der Waals surface area (Å²) in [5.74, 6) is -2.21. The smallest absolute Gasteiger partial charge is 0.308 e. The number of phenolic OH excluding ortho intramolecular Hbond substituents is 3. The lowest BCUT2D eigenvalue weighted by atomic mass is 10.0. The fourth-order valence-electron chi connectivity index (χ4n) is 1.56. The lowest BCUT2D eigenvalue weighted by Gasteiger charge is -2.11. The standard InChI is InChI=1S/C13H16O5/c1-7(2)3-4-8-10(14)6-11(15)9(13(8)18)5-12(16)17/h3,6,14-15,18H,4-5H2,1-2H3,(H,16,17). The number of aromatic hydroxyl groups is 3. The van der Waals surface area contributed by atoms with Crippen LogP contribution in [0.2, 0.25) is 0 Å². The highest BCUT2D eigenvalue weighted by molar-refractivity contribution is 5.74. The zero-order valence-corrected chi connectivity index (χ0v) is 10.3. The van der Waals surface area contributed by atoms with Crippen molar-refractivity contribution >= 4 is 5.97 Å². The summed E-state index contributed by atoms with van der Waals surface area (Å²) < 4.78 is 0. The number of carbonyl (C=O) groups is 1. The molecule has 0 bridgehead atoms. The molecule has 0 heterocycles. The van der Waals surface area contributed by atoms with Crippen molar-refractivity contribution in [2.45, 2.75) is 26.7 Å². The Bertz CT molecular complexity index is 499. The van der Waals surface area contributed by atoms with Crippen molar-refractivity contribution < 1.29 is 25.2 Å². The average molecular weight is 252 g/mol. The van der Waals surface area contributed by atoms with Crippen LogP contribution in [0.4, 0.5) is 0 Å². The molecule has 0 aliphatic carbocycles. The van der Waals surface area contributed by atoms with E-state index in [0.29, 0.717) is 0 Å². The van der Waals surface area contributed by atoms with E-state index < -0.39 is 18.1 Å². The van der Waals surface area contributed by atoms with Crippen molar-refractivity contribution in [1.29, 1.82) is 0 Å². The quantitative estimate of drug-likeness (QED) is 0.614. The van der Waals surface area contributed by atoms with Crippen LogP contribution in [-0.2, 0) is 17.6 Å². The second-order valence-corrected chi connectivity index (χ2v) is 4.28. The Labute approximate surface area is 105 Å². The van der Waals surface area contributed by atoms with Crippen LogP contribution in [0.5, 0.6) is 17.2 Å². The van der Waals surface area contributed by atoms with E-state index in [1.807, 2.05) is 13.8 Å². The topological polar surface area (TPSA) is 98.0 Å². The van der Waals surface area contributed by atoms with Gasteiger partial charge in [-0.05, 0) is 20.3 Å². The number of benzene rings is 1. The zero-order chi connectivity index (χ0) is 13.9. The SMILES string of the molecule is CC(C)=CCc1c(O)cc(O)c(CC(=O)O)c1O. The van der Waals surface area contributed by atoms with E-state index in [1.165, 1.54) is 0 Å². The highest BCUT2D eigenvalue weighted by Crippen LogP contribution is 2.38. The molecule has 1 aromatic carbocycles. The maximum Gasteiger partial charge on any atom is 0.308 e. The minimum atomic E-state index is -1.17. The molecule has 0 aromatic heterocycles. The molecule has 0 radical (unpaired) electrons. The van der Waals surface area contributed by atoms with Gasteiger partial charge in [0.2, 0.25) is 0 Å². The number of rotatable bonds is 4. The molecule has 0 aliphatic heterocycles. The van der Waals surface area contributed by atoms with Gasteiger partial charge in [-0.2, -0.15) is 0 Å². The van der Waals surface area contributed by atoms with Crippen molar-refractivity contribution in [3.05, 3.63) is 28.8 Å². The molecule has 4 N–H and O–H groups in total. The number of hydrogen-bond acceptors (Lipinski definition) is 4. The summed E-state index contributed by atoms with van der Waals surface area (Å²) in [6.45, 7) is 3.74. The van der Waals surface area contributed by atoms with Crippen molar-refractivity contribution in [3.8, 4) is 17.2 Å². The molecular weight excluding hydrogens is 236 g/mol. The van der Waals surface area contributed by atoms with Crippen LogP contribution in [-0.4, -0.2) is 26.4 Å². The fourth-order valence-corrected chi connectivity index (χ4v) is 1.56. The van der Waals surface area contributed by atoms with Crippen molar-refractivity contribution in [2.24, 2.45) is 0 Å². The fraction of sp³-hybridized carbons (Fsp3) is 0.308. The van der Waals surface area contributed by atoms with Crippen LogP contribution in [0, 0.1) is 0 Å². The van der Waals surface area contributed by atoms with E-state index in [1.54, 1.807) is 6.08 Å². The van der Waals surface area contributed by atoms with Crippen molar-refractivity contribution in [3.63, 3.8) is 0 Å². The molecule has 0 saturated heterocycles. The predicted octanol–water partition coefficient (Wildman–Crippen LogP) is 1.94. The molecule has 0 fully saturated rings. The number of hydrogen-bond donors (Lipinski definition) is 4. The summed E-state index contributed by atoms with van der Waals surface area (Å²) >= 11 is 0. The van der Waals surface area contributed by atoms with E-state index in [4.69, 9.17) is 5.11 Å².